The molecular formula is C16H28N2O2. The summed E-state index contributed by atoms with van der Waals surface area (Å²) in [5, 5.41) is 6.03. The van der Waals surface area contributed by atoms with Crippen molar-refractivity contribution in [1.82, 2.24) is 10.6 Å². The molecule has 0 unspecified atom stereocenters. The van der Waals surface area contributed by atoms with Crippen LogP contribution in [0.1, 0.15) is 77.0 Å². The molecule has 114 valence electrons. The minimum Gasteiger partial charge on any atom is -0.353 e. The quantitative estimate of drug-likeness (QED) is 0.572. The van der Waals surface area contributed by atoms with Gasteiger partial charge in [0.1, 0.15) is 0 Å². The summed E-state index contributed by atoms with van der Waals surface area (Å²) in [7, 11) is 0. The van der Waals surface area contributed by atoms with Crippen molar-refractivity contribution in [2.75, 3.05) is 0 Å². The molecule has 0 aliphatic heterocycles. The van der Waals surface area contributed by atoms with Crippen molar-refractivity contribution in [2.24, 2.45) is 0 Å². The first-order valence-corrected chi connectivity index (χ1v) is 8.33. The number of amides is 2. The zero-order chi connectivity index (χ0) is 14.2. The Kier molecular flexibility index (Phi) is 6.34. The zero-order valence-corrected chi connectivity index (χ0v) is 12.5. The van der Waals surface area contributed by atoms with Gasteiger partial charge in [-0.15, -0.1) is 0 Å². The Hall–Kier alpha value is -1.06. The number of rotatable bonds is 11. The van der Waals surface area contributed by atoms with E-state index >= 15 is 0 Å². The SMILES string of the molecule is O=C(CCCCCCCCC(=O)NC1CC1)NC1CC1. The third-order valence-electron chi connectivity index (χ3n) is 3.94. The van der Waals surface area contributed by atoms with Gasteiger partial charge >= 0.3 is 0 Å². The number of hydrogen-bond donors (Lipinski definition) is 2. The van der Waals surface area contributed by atoms with Crippen molar-refractivity contribution in [3.63, 3.8) is 0 Å². The van der Waals surface area contributed by atoms with Gasteiger partial charge in [0.15, 0.2) is 0 Å². The first-order chi connectivity index (χ1) is 9.74. The van der Waals surface area contributed by atoms with Gasteiger partial charge in [0.25, 0.3) is 0 Å². The van der Waals surface area contributed by atoms with Crippen LogP contribution in [-0.2, 0) is 9.59 Å². The van der Waals surface area contributed by atoms with Gasteiger partial charge in [0.2, 0.25) is 11.8 Å². The van der Waals surface area contributed by atoms with Crippen molar-refractivity contribution in [2.45, 2.75) is 89.1 Å². The van der Waals surface area contributed by atoms with Gasteiger partial charge in [-0.2, -0.15) is 0 Å². The average molecular weight is 280 g/mol. The summed E-state index contributed by atoms with van der Waals surface area (Å²) in [4.78, 5) is 22.9. The molecule has 0 aromatic heterocycles. The van der Waals surface area contributed by atoms with Crippen LogP contribution in [0.2, 0.25) is 0 Å². The first-order valence-electron chi connectivity index (χ1n) is 8.33. The molecule has 2 N–H and O–H groups in total. The second kappa shape index (κ2) is 8.28. The Labute approximate surface area is 122 Å². The summed E-state index contributed by atoms with van der Waals surface area (Å²) in [6, 6.07) is 0.980. The van der Waals surface area contributed by atoms with Crippen LogP contribution in [0.25, 0.3) is 0 Å². The van der Waals surface area contributed by atoms with E-state index in [0.717, 1.165) is 25.7 Å². The molecule has 20 heavy (non-hydrogen) atoms. The molecule has 0 heterocycles. The van der Waals surface area contributed by atoms with Crippen LogP contribution >= 0.6 is 0 Å². The van der Waals surface area contributed by atoms with E-state index in [4.69, 9.17) is 0 Å². The minimum absolute atomic E-state index is 0.226. The number of carbonyl (C=O) groups is 2. The van der Waals surface area contributed by atoms with E-state index in [1.807, 2.05) is 0 Å². The molecule has 0 bridgehead atoms. The number of nitrogens with one attached hydrogen (secondary N) is 2. The number of unbranched alkanes of at least 4 members (excludes halogenated alkanes) is 5. The van der Waals surface area contributed by atoms with Gasteiger partial charge in [-0.05, 0) is 38.5 Å². The molecule has 0 aromatic carbocycles. The highest BCUT2D eigenvalue weighted by Gasteiger charge is 2.23. The van der Waals surface area contributed by atoms with Crippen LogP contribution < -0.4 is 10.6 Å². The normalized spacial score (nSPS) is 17.8. The van der Waals surface area contributed by atoms with E-state index in [-0.39, 0.29) is 11.8 Å². The molecule has 0 aromatic rings. The smallest absolute Gasteiger partial charge is 0.220 e. The number of carbonyl (C=O) groups excluding carboxylic acids is 2. The third-order valence-corrected chi connectivity index (χ3v) is 3.94. The summed E-state index contributed by atoms with van der Waals surface area (Å²) in [5.74, 6) is 0.452. The summed E-state index contributed by atoms with van der Waals surface area (Å²) >= 11 is 0. The molecule has 2 aliphatic carbocycles. The van der Waals surface area contributed by atoms with E-state index in [1.54, 1.807) is 0 Å². The predicted octanol–water partition coefficient (Wildman–Crippen LogP) is 2.66. The monoisotopic (exact) mass is 280 g/mol. The molecule has 2 fully saturated rings. The van der Waals surface area contributed by atoms with Crippen molar-refractivity contribution in [1.29, 1.82) is 0 Å². The lowest BCUT2D eigenvalue weighted by Gasteiger charge is -2.04. The molecular weight excluding hydrogens is 252 g/mol. The molecule has 4 heteroatoms. The van der Waals surface area contributed by atoms with Crippen molar-refractivity contribution in [3.8, 4) is 0 Å². The maximum Gasteiger partial charge on any atom is 0.220 e. The van der Waals surface area contributed by atoms with Crippen LogP contribution in [-0.4, -0.2) is 23.9 Å². The Morgan fingerprint density at radius 2 is 1.00 bits per heavy atom. The molecule has 4 nitrogen and oxygen atoms in total. The molecule has 2 rings (SSSR count). The van der Waals surface area contributed by atoms with Crippen molar-refractivity contribution in [3.05, 3.63) is 0 Å². The van der Waals surface area contributed by atoms with E-state index < -0.39 is 0 Å². The van der Waals surface area contributed by atoms with Crippen LogP contribution in [0, 0.1) is 0 Å². The molecule has 0 spiro atoms. The highest BCUT2D eigenvalue weighted by atomic mass is 16.2. The van der Waals surface area contributed by atoms with Gasteiger partial charge in [-0.3, -0.25) is 9.59 Å². The molecule has 2 saturated carbocycles. The summed E-state index contributed by atoms with van der Waals surface area (Å²) in [6.45, 7) is 0. The average Bonchev–Trinajstić information content (AvgIpc) is 3.29. The van der Waals surface area contributed by atoms with Gasteiger partial charge in [-0.25, -0.2) is 0 Å². The van der Waals surface area contributed by atoms with E-state index in [1.165, 1.54) is 38.5 Å². The third kappa shape index (κ3) is 7.51. The lowest BCUT2D eigenvalue weighted by Crippen LogP contribution is -2.24. The summed E-state index contributed by atoms with van der Waals surface area (Å²) in [6.07, 6.45) is 12.7. The van der Waals surface area contributed by atoms with Crippen LogP contribution in [0.15, 0.2) is 0 Å². The lowest BCUT2D eigenvalue weighted by atomic mass is 10.1. The van der Waals surface area contributed by atoms with E-state index in [2.05, 4.69) is 10.6 Å². The van der Waals surface area contributed by atoms with E-state index in [9.17, 15) is 9.59 Å². The van der Waals surface area contributed by atoms with Crippen molar-refractivity contribution >= 4 is 11.8 Å². The Morgan fingerprint density at radius 1 is 0.650 bits per heavy atom. The fourth-order valence-corrected chi connectivity index (χ4v) is 2.33. The highest BCUT2D eigenvalue weighted by molar-refractivity contribution is 5.76. The predicted molar refractivity (Wildman–Crippen MR) is 79.3 cm³/mol. The summed E-state index contributed by atoms with van der Waals surface area (Å²) < 4.78 is 0. The zero-order valence-electron chi connectivity index (χ0n) is 12.5. The van der Waals surface area contributed by atoms with Crippen molar-refractivity contribution < 1.29 is 9.59 Å². The largest absolute Gasteiger partial charge is 0.353 e. The van der Waals surface area contributed by atoms with Crippen LogP contribution in [0.3, 0.4) is 0 Å². The van der Waals surface area contributed by atoms with Gasteiger partial charge in [0.05, 0.1) is 0 Å². The van der Waals surface area contributed by atoms with Gasteiger partial charge < -0.3 is 10.6 Å². The Balaban J connectivity index is 1.30. The van der Waals surface area contributed by atoms with Crippen LogP contribution in [0.4, 0.5) is 0 Å². The van der Waals surface area contributed by atoms with Gasteiger partial charge in [-0.1, -0.05) is 25.7 Å². The topological polar surface area (TPSA) is 58.2 Å². The summed E-state index contributed by atoms with van der Waals surface area (Å²) in [5.41, 5.74) is 0. The standard InChI is InChI=1S/C16H28N2O2/c19-15(17-13-9-10-13)7-5-3-1-2-4-6-8-16(20)18-14-11-12-14/h13-14H,1-12H2,(H,17,19)(H,18,20). The second-order valence-electron chi connectivity index (χ2n) is 6.30. The molecule has 2 aliphatic rings. The molecule has 0 atom stereocenters. The maximum atomic E-state index is 11.4. The maximum absolute atomic E-state index is 11.4. The van der Waals surface area contributed by atoms with Crippen LogP contribution in [0.5, 0.6) is 0 Å². The Bertz CT molecular complexity index is 290. The second-order valence-corrected chi connectivity index (χ2v) is 6.30. The molecule has 0 saturated heterocycles. The minimum atomic E-state index is 0.226. The van der Waals surface area contributed by atoms with Gasteiger partial charge in [0, 0.05) is 24.9 Å². The first kappa shape index (κ1) is 15.3. The highest BCUT2D eigenvalue weighted by Crippen LogP contribution is 2.19. The van der Waals surface area contributed by atoms with E-state index in [0.29, 0.717) is 24.9 Å². The molecule has 0 radical (unpaired) electrons. The lowest BCUT2D eigenvalue weighted by molar-refractivity contribution is -0.122. The fourth-order valence-electron chi connectivity index (χ4n) is 2.33. The fraction of sp³-hybridized carbons (Fsp3) is 0.875. The number of hydrogen-bond acceptors (Lipinski definition) is 2. The Morgan fingerprint density at radius 3 is 1.35 bits per heavy atom. The molecule has 2 amide bonds.